The summed E-state index contributed by atoms with van der Waals surface area (Å²) in [5.74, 6) is 1.43. The third-order valence-corrected chi connectivity index (χ3v) is 5.35. The minimum atomic E-state index is -3.33. The number of rotatable bonds is 10. The van der Waals surface area contributed by atoms with Crippen LogP contribution in [0.3, 0.4) is 0 Å². The van der Waals surface area contributed by atoms with Crippen molar-refractivity contribution in [2.45, 2.75) is 26.5 Å². The van der Waals surface area contributed by atoms with Gasteiger partial charge in [-0.2, -0.15) is 0 Å². The Labute approximate surface area is 177 Å². The third kappa shape index (κ3) is 6.84. The molecule has 0 atom stereocenters. The van der Waals surface area contributed by atoms with Gasteiger partial charge in [0.2, 0.25) is 10.0 Å². The second-order valence-corrected chi connectivity index (χ2v) is 8.96. The van der Waals surface area contributed by atoms with Crippen molar-refractivity contribution in [2.75, 3.05) is 31.3 Å². The predicted octanol–water partition coefficient (Wildman–Crippen LogP) is 2.57. The molecule has 0 aliphatic rings. The number of carbonyl (C=O) groups excluding carboxylic acids is 1. The van der Waals surface area contributed by atoms with E-state index in [1.807, 2.05) is 32.0 Å². The summed E-state index contributed by atoms with van der Waals surface area (Å²) in [6.45, 7) is 4.03. The Balaban J connectivity index is 1.86. The third-order valence-electron chi connectivity index (χ3n) is 4.15. The molecule has 0 fully saturated rings. The number of benzene rings is 2. The molecule has 9 heteroatoms. The first-order valence-electron chi connectivity index (χ1n) is 9.37. The highest BCUT2D eigenvalue weighted by Crippen LogP contribution is 2.29. The van der Waals surface area contributed by atoms with Gasteiger partial charge in [0, 0.05) is 13.6 Å². The Morgan fingerprint density at radius 3 is 2.33 bits per heavy atom. The molecule has 0 bridgehead atoms. The standard InChI is InChI=1S/C21H28N2O6S/c1-15(2)29-19-11-6-16(12-20(19)27-4)13-22-21(24)14-28-18-9-7-17(8-10-18)23(3)30(5,25)26/h6-12,15H,13-14H2,1-5H3,(H,22,24). The van der Waals surface area contributed by atoms with E-state index in [-0.39, 0.29) is 18.6 Å². The number of ether oxygens (including phenoxy) is 3. The largest absolute Gasteiger partial charge is 0.493 e. The van der Waals surface area contributed by atoms with Gasteiger partial charge in [0.05, 0.1) is 25.2 Å². The van der Waals surface area contributed by atoms with Crippen LogP contribution in [0, 0.1) is 0 Å². The van der Waals surface area contributed by atoms with E-state index in [9.17, 15) is 13.2 Å². The molecular weight excluding hydrogens is 408 g/mol. The molecule has 0 heterocycles. The van der Waals surface area contributed by atoms with Crippen LogP contribution in [0.1, 0.15) is 19.4 Å². The zero-order valence-electron chi connectivity index (χ0n) is 17.8. The monoisotopic (exact) mass is 436 g/mol. The smallest absolute Gasteiger partial charge is 0.258 e. The van der Waals surface area contributed by atoms with Crippen LogP contribution in [0.4, 0.5) is 5.69 Å². The Kier molecular flexibility index (Phi) is 7.93. The van der Waals surface area contributed by atoms with Crippen LogP contribution < -0.4 is 23.8 Å². The van der Waals surface area contributed by atoms with E-state index >= 15 is 0 Å². The van der Waals surface area contributed by atoms with Crippen molar-refractivity contribution >= 4 is 21.6 Å². The maximum atomic E-state index is 12.1. The van der Waals surface area contributed by atoms with Crippen molar-refractivity contribution in [3.63, 3.8) is 0 Å². The van der Waals surface area contributed by atoms with E-state index in [4.69, 9.17) is 14.2 Å². The first kappa shape index (κ1) is 23.3. The Morgan fingerprint density at radius 2 is 1.77 bits per heavy atom. The molecular formula is C21H28N2O6S. The van der Waals surface area contributed by atoms with Gasteiger partial charge < -0.3 is 19.5 Å². The normalized spacial score (nSPS) is 11.1. The van der Waals surface area contributed by atoms with Crippen molar-refractivity contribution in [3.05, 3.63) is 48.0 Å². The molecule has 0 aromatic heterocycles. The fourth-order valence-corrected chi connectivity index (χ4v) is 3.02. The highest BCUT2D eigenvalue weighted by atomic mass is 32.2. The number of nitrogens with one attached hydrogen (secondary N) is 1. The lowest BCUT2D eigenvalue weighted by Gasteiger charge is -2.17. The van der Waals surface area contributed by atoms with Crippen molar-refractivity contribution in [3.8, 4) is 17.2 Å². The lowest BCUT2D eigenvalue weighted by Crippen LogP contribution is -2.28. The number of methoxy groups -OCH3 is 1. The van der Waals surface area contributed by atoms with Crippen LogP contribution in [0.5, 0.6) is 17.2 Å². The lowest BCUT2D eigenvalue weighted by molar-refractivity contribution is -0.123. The van der Waals surface area contributed by atoms with Crippen LogP contribution in [-0.2, 0) is 21.4 Å². The summed E-state index contributed by atoms with van der Waals surface area (Å²) >= 11 is 0. The van der Waals surface area contributed by atoms with Gasteiger partial charge in [-0.05, 0) is 55.8 Å². The molecule has 1 amide bonds. The molecule has 0 radical (unpaired) electrons. The molecule has 0 aliphatic carbocycles. The number of nitrogens with zero attached hydrogens (tertiary/aromatic N) is 1. The minimum absolute atomic E-state index is 0.0300. The minimum Gasteiger partial charge on any atom is -0.493 e. The van der Waals surface area contributed by atoms with Crippen molar-refractivity contribution in [1.82, 2.24) is 5.32 Å². The van der Waals surface area contributed by atoms with E-state index in [0.29, 0.717) is 29.5 Å². The highest BCUT2D eigenvalue weighted by molar-refractivity contribution is 7.92. The zero-order chi connectivity index (χ0) is 22.3. The van der Waals surface area contributed by atoms with Gasteiger partial charge in [0.1, 0.15) is 5.75 Å². The fraction of sp³-hybridized carbons (Fsp3) is 0.381. The molecule has 0 aliphatic heterocycles. The second-order valence-electron chi connectivity index (χ2n) is 6.94. The topological polar surface area (TPSA) is 94.2 Å². The Morgan fingerprint density at radius 1 is 1.10 bits per heavy atom. The van der Waals surface area contributed by atoms with E-state index in [1.165, 1.54) is 7.05 Å². The summed E-state index contributed by atoms with van der Waals surface area (Å²) in [6.07, 6.45) is 1.16. The van der Waals surface area contributed by atoms with Crippen LogP contribution in [0.15, 0.2) is 42.5 Å². The molecule has 2 rings (SSSR count). The second kappa shape index (κ2) is 10.2. The van der Waals surface area contributed by atoms with E-state index in [0.717, 1.165) is 16.1 Å². The average molecular weight is 437 g/mol. The van der Waals surface area contributed by atoms with Crippen molar-refractivity contribution in [1.29, 1.82) is 0 Å². The van der Waals surface area contributed by atoms with Gasteiger partial charge in [0.15, 0.2) is 18.1 Å². The summed E-state index contributed by atoms with van der Waals surface area (Å²) in [5.41, 5.74) is 1.37. The van der Waals surface area contributed by atoms with E-state index in [2.05, 4.69) is 5.32 Å². The van der Waals surface area contributed by atoms with Gasteiger partial charge in [-0.3, -0.25) is 9.10 Å². The van der Waals surface area contributed by atoms with Crippen LogP contribution in [0.25, 0.3) is 0 Å². The molecule has 0 saturated carbocycles. The molecule has 30 heavy (non-hydrogen) atoms. The lowest BCUT2D eigenvalue weighted by atomic mass is 10.2. The first-order valence-corrected chi connectivity index (χ1v) is 11.2. The number of hydrogen-bond donors (Lipinski definition) is 1. The number of carbonyl (C=O) groups is 1. The predicted molar refractivity (Wildman–Crippen MR) is 116 cm³/mol. The molecule has 0 unspecified atom stereocenters. The van der Waals surface area contributed by atoms with Crippen LogP contribution in [0.2, 0.25) is 0 Å². The van der Waals surface area contributed by atoms with Gasteiger partial charge in [-0.15, -0.1) is 0 Å². The van der Waals surface area contributed by atoms with Crippen LogP contribution >= 0.6 is 0 Å². The zero-order valence-corrected chi connectivity index (χ0v) is 18.7. The summed E-state index contributed by atoms with van der Waals surface area (Å²) < 4.78 is 40.7. The van der Waals surface area contributed by atoms with Gasteiger partial charge in [-0.1, -0.05) is 6.07 Å². The maximum Gasteiger partial charge on any atom is 0.258 e. The fourth-order valence-electron chi connectivity index (χ4n) is 2.52. The van der Waals surface area contributed by atoms with E-state index < -0.39 is 10.0 Å². The summed E-state index contributed by atoms with van der Waals surface area (Å²) in [7, 11) is -0.296. The summed E-state index contributed by atoms with van der Waals surface area (Å²) in [4.78, 5) is 12.1. The SMILES string of the molecule is COc1cc(CNC(=O)COc2ccc(N(C)S(C)(=O)=O)cc2)ccc1OC(C)C. The van der Waals surface area contributed by atoms with Crippen molar-refractivity contribution in [2.24, 2.45) is 0 Å². The number of amides is 1. The molecule has 1 N–H and O–H groups in total. The number of sulfonamides is 1. The van der Waals surface area contributed by atoms with E-state index in [1.54, 1.807) is 31.4 Å². The van der Waals surface area contributed by atoms with Crippen molar-refractivity contribution < 1.29 is 27.4 Å². The van der Waals surface area contributed by atoms with Gasteiger partial charge in [0.25, 0.3) is 5.91 Å². The summed E-state index contributed by atoms with van der Waals surface area (Å²) in [6, 6.07) is 11.9. The van der Waals surface area contributed by atoms with Gasteiger partial charge in [-0.25, -0.2) is 8.42 Å². The molecule has 164 valence electrons. The van der Waals surface area contributed by atoms with Crippen LogP contribution in [-0.4, -0.2) is 47.4 Å². The molecule has 0 saturated heterocycles. The molecule has 0 spiro atoms. The maximum absolute atomic E-state index is 12.1. The Bertz CT molecular complexity index is 958. The number of anilines is 1. The highest BCUT2D eigenvalue weighted by Gasteiger charge is 2.12. The first-order chi connectivity index (χ1) is 14.1. The quantitative estimate of drug-likeness (QED) is 0.615. The molecule has 8 nitrogen and oxygen atoms in total. The number of hydrogen-bond acceptors (Lipinski definition) is 6. The molecule has 2 aromatic rings. The molecule has 2 aromatic carbocycles. The Hall–Kier alpha value is -2.94. The average Bonchev–Trinajstić information content (AvgIpc) is 2.70. The van der Waals surface area contributed by atoms with Gasteiger partial charge >= 0.3 is 0 Å². The summed E-state index contributed by atoms with van der Waals surface area (Å²) in [5, 5.41) is 2.78.